The van der Waals surface area contributed by atoms with Crippen molar-refractivity contribution in [2.24, 2.45) is 5.41 Å². The summed E-state index contributed by atoms with van der Waals surface area (Å²) in [6.07, 6.45) is 0.470. The van der Waals surface area contributed by atoms with Crippen molar-refractivity contribution in [2.75, 3.05) is 0 Å². The highest BCUT2D eigenvalue weighted by atomic mass is 16.4. The van der Waals surface area contributed by atoms with Crippen LogP contribution in [0.4, 0.5) is 4.79 Å². The molecule has 18 heavy (non-hydrogen) atoms. The first-order valence-corrected chi connectivity index (χ1v) is 5.85. The first-order chi connectivity index (χ1) is 8.00. The predicted octanol–water partition coefficient (Wildman–Crippen LogP) is 1.50. The molecule has 6 heteroatoms. The Bertz CT molecular complexity index is 348. The quantitative estimate of drug-likeness (QED) is 0.696. The van der Waals surface area contributed by atoms with Crippen LogP contribution in [0, 0.1) is 5.41 Å². The van der Waals surface area contributed by atoms with Crippen LogP contribution in [-0.4, -0.2) is 28.6 Å². The van der Waals surface area contributed by atoms with Gasteiger partial charge in [-0.2, -0.15) is 0 Å². The summed E-state index contributed by atoms with van der Waals surface area (Å²) >= 11 is 0. The molecule has 3 N–H and O–H groups in total. The third-order valence-electron chi connectivity index (χ3n) is 2.77. The van der Waals surface area contributed by atoms with Crippen LogP contribution >= 0.6 is 0 Å². The average Bonchev–Trinajstić information content (AvgIpc) is 2.14. The molecule has 0 aliphatic rings. The fourth-order valence-corrected chi connectivity index (χ4v) is 1.07. The zero-order valence-corrected chi connectivity index (χ0v) is 11.6. The molecule has 0 fully saturated rings. The number of hydrogen-bond donors (Lipinski definition) is 3. The molecule has 0 heterocycles. The van der Waals surface area contributed by atoms with Crippen LogP contribution in [0.1, 0.15) is 47.5 Å². The van der Waals surface area contributed by atoms with E-state index in [1.807, 2.05) is 20.8 Å². The van der Waals surface area contributed by atoms with Crippen LogP contribution < -0.4 is 10.6 Å². The van der Waals surface area contributed by atoms with Crippen molar-refractivity contribution >= 4 is 17.9 Å². The second-order valence-electron chi connectivity index (χ2n) is 5.61. The second kappa shape index (κ2) is 5.84. The minimum atomic E-state index is -1.19. The van der Waals surface area contributed by atoms with E-state index in [2.05, 4.69) is 10.6 Å². The molecule has 0 saturated heterocycles. The largest absolute Gasteiger partial charge is 0.481 e. The predicted molar refractivity (Wildman–Crippen MR) is 67.1 cm³/mol. The molecule has 0 aliphatic heterocycles. The maximum absolute atomic E-state index is 11.5. The molecule has 0 saturated carbocycles. The summed E-state index contributed by atoms with van der Waals surface area (Å²) in [6, 6.07) is -0.604. The molecule has 0 atom stereocenters. The fourth-order valence-electron chi connectivity index (χ4n) is 1.07. The van der Waals surface area contributed by atoms with Gasteiger partial charge in [-0.25, -0.2) is 4.79 Å². The Hall–Kier alpha value is -1.59. The molecule has 6 nitrogen and oxygen atoms in total. The Labute approximate surface area is 107 Å². The van der Waals surface area contributed by atoms with Gasteiger partial charge in [0.2, 0.25) is 5.91 Å². The van der Waals surface area contributed by atoms with Crippen molar-refractivity contribution in [2.45, 2.75) is 53.0 Å². The van der Waals surface area contributed by atoms with Gasteiger partial charge in [0.25, 0.3) is 0 Å². The smallest absolute Gasteiger partial charge is 0.321 e. The molecule has 0 unspecified atom stereocenters. The summed E-state index contributed by atoms with van der Waals surface area (Å²) in [4.78, 5) is 33.8. The van der Waals surface area contributed by atoms with Gasteiger partial charge in [-0.15, -0.1) is 0 Å². The van der Waals surface area contributed by atoms with Crippen molar-refractivity contribution < 1.29 is 19.5 Å². The SMILES string of the molecule is CCC(C)(C)NC(=O)NC(=O)CC(C)(C)C(=O)O. The van der Waals surface area contributed by atoms with E-state index in [1.54, 1.807) is 0 Å². The highest BCUT2D eigenvalue weighted by Gasteiger charge is 2.31. The van der Waals surface area contributed by atoms with E-state index < -0.39 is 28.9 Å². The lowest BCUT2D eigenvalue weighted by Crippen LogP contribution is -2.50. The van der Waals surface area contributed by atoms with Crippen molar-refractivity contribution in [3.63, 3.8) is 0 Å². The van der Waals surface area contributed by atoms with Crippen molar-refractivity contribution in [3.8, 4) is 0 Å². The highest BCUT2D eigenvalue weighted by molar-refractivity contribution is 5.96. The van der Waals surface area contributed by atoms with Gasteiger partial charge in [-0.1, -0.05) is 6.92 Å². The Morgan fingerprint density at radius 3 is 2.00 bits per heavy atom. The van der Waals surface area contributed by atoms with E-state index >= 15 is 0 Å². The van der Waals surface area contributed by atoms with Gasteiger partial charge in [0.1, 0.15) is 0 Å². The van der Waals surface area contributed by atoms with Crippen LogP contribution in [0.2, 0.25) is 0 Å². The van der Waals surface area contributed by atoms with E-state index in [9.17, 15) is 14.4 Å². The number of imide groups is 1. The van der Waals surface area contributed by atoms with E-state index in [0.717, 1.165) is 6.42 Å². The van der Waals surface area contributed by atoms with Gasteiger partial charge in [-0.3, -0.25) is 14.9 Å². The van der Waals surface area contributed by atoms with E-state index in [1.165, 1.54) is 13.8 Å². The van der Waals surface area contributed by atoms with Crippen LogP contribution in [0.15, 0.2) is 0 Å². The topological polar surface area (TPSA) is 95.5 Å². The van der Waals surface area contributed by atoms with Gasteiger partial charge in [0.15, 0.2) is 0 Å². The summed E-state index contributed by atoms with van der Waals surface area (Å²) in [5.74, 6) is -1.68. The van der Waals surface area contributed by atoms with E-state index in [-0.39, 0.29) is 6.42 Å². The molecule has 0 aromatic heterocycles. The van der Waals surface area contributed by atoms with Crippen LogP contribution in [-0.2, 0) is 9.59 Å². The normalized spacial score (nSPS) is 11.8. The number of urea groups is 1. The maximum atomic E-state index is 11.5. The third kappa shape index (κ3) is 5.65. The first kappa shape index (κ1) is 16.4. The summed E-state index contributed by atoms with van der Waals surface area (Å²) in [5.41, 5.74) is -1.60. The number of carbonyl (C=O) groups is 3. The van der Waals surface area contributed by atoms with Crippen LogP contribution in [0.25, 0.3) is 0 Å². The molecule has 3 amide bonds. The zero-order chi connectivity index (χ0) is 14.6. The van der Waals surface area contributed by atoms with Gasteiger partial charge < -0.3 is 10.4 Å². The zero-order valence-electron chi connectivity index (χ0n) is 11.6. The Balaban J connectivity index is 4.34. The summed E-state index contributed by atoms with van der Waals surface area (Å²) < 4.78 is 0. The van der Waals surface area contributed by atoms with Crippen molar-refractivity contribution in [1.29, 1.82) is 0 Å². The molecule has 104 valence electrons. The molecule has 0 aromatic carbocycles. The lowest BCUT2D eigenvalue weighted by molar-refractivity contribution is -0.149. The first-order valence-electron chi connectivity index (χ1n) is 5.85. The van der Waals surface area contributed by atoms with Crippen LogP contribution in [0.5, 0.6) is 0 Å². The molecule has 0 bridgehead atoms. The number of hydrogen-bond acceptors (Lipinski definition) is 3. The molecule has 0 radical (unpaired) electrons. The Morgan fingerprint density at radius 1 is 1.11 bits per heavy atom. The van der Waals surface area contributed by atoms with Crippen LogP contribution in [0.3, 0.4) is 0 Å². The average molecular weight is 258 g/mol. The summed E-state index contributed by atoms with van der Waals surface area (Å²) in [7, 11) is 0. The number of nitrogens with one attached hydrogen (secondary N) is 2. The fraction of sp³-hybridized carbons (Fsp3) is 0.750. The number of rotatable bonds is 5. The lowest BCUT2D eigenvalue weighted by atomic mass is 9.89. The number of aliphatic carboxylic acids is 1. The van der Waals surface area contributed by atoms with Crippen molar-refractivity contribution in [3.05, 3.63) is 0 Å². The number of amides is 3. The molecule has 0 rings (SSSR count). The van der Waals surface area contributed by atoms with Gasteiger partial charge in [0.05, 0.1) is 5.41 Å². The molecular weight excluding hydrogens is 236 g/mol. The van der Waals surface area contributed by atoms with E-state index in [4.69, 9.17) is 5.11 Å². The maximum Gasteiger partial charge on any atom is 0.321 e. The summed E-state index contributed by atoms with van der Waals surface area (Å²) in [5, 5.41) is 13.6. The van der Waals surface area contributed by atoms with E-state index in [0.29, 0.717) is 0 Å². The lowest BCUT2D eigenvalue weighted by Gasteiger charge is -2.25. The summed E-state index contributed by atoms with van der Waals surface area (Å²) in [6.45, 7) is 8.44. The third-order valence-corrected chi connectivity index (χ3v) is 2.77. The van der Waals surface area contributed by atoms with Gasteiger partial charge in [0, 0.05) is 12.0 Å². The monoisotopic (exact) mass is 258 g/mol. The molecule has 0 spiro atoms. The molecule has 0 aromatic rings. The standard InChI is InChI=1S/C12H22N2O4/c1-6-12(4,5)14-10(18)13-8(15)7-11(2,3)9(16)17/h6-7H2,1-5H3,(H,16,17)(H2,13,14,15,18). The highest BCUT2D eigenvalue weighted by Crippen LogP contribution is 2.19. The number of carboxylic acid groups (broad SMARTS) is 1. The minimum Gasteiger partial charge on any atom is -0.481 e. The number of carboxylic acids is 1. The molecule has 0 aliphatic carbocycles. The Morgan fingerprint density at radius 2 is 1.61 bits per heavy atom. The van der Waals surface area contributed by atoms with Gasteiger partial charge in [-0.05, 0) is 34.1 Å². The number of carbonyl (C=O) groups excluding carboxylic acids is 2. The Kier molecular flexibility index (Phi) is 5.32. The minimum absolute atomic E-state index is 0.248. The van der Waals surface area contributed by atoms with Gasteiger partial charge >= 0.3 is 12.0 Å². The second-order valence-corrected chi connectivity index (χ2v) is 5.61. The molecular formula is C12H22N2O4. The van der Waals surface area contributed by atoms with Crippen molar-refractivity contribution in [1.82, 2.24) is 10.6 Å².